The van der Waals surface area contributed by atoms with E-state index in [9.17, 15) is 9.59 Å². The molecule has 2 unspecified atom stereocenters. The Morgan fingerprint density at radius 3 is 2.33 bits per heavy atom. The highest BCUT2D eigenvalue weighted by Gasteiger charge is 2.37. The zero-order chi connectivity index (χ0) is 23.2. The number of carbonyl (C=O) groups excluding carboxylic acids is 2. The van der Waals surface area contributed by atoms with E-state index >= 15 is 0 Å². The monoisotopic (exact) mass is 450 g/mol. The third-order valence-electron chi connectivity index (χ3n) is 6.54. The summed E-state index contributed by atoms with van der Waals surface area (Å²) >= 11 is 0. The van der Waals surface area contributed by atoms with E-state index in [-0.39, 0.29) is 23.7 Å². The van der Waals surface area contributed by atoms with Crippen LogP contribution in [0.1, 0.15) is 48.7 Å². The molecule has 176 valence electrons. The Morgan fingerprint density at radius 1 is 1.00 bits per heavy atom. The highest BCUT2D eigenvalue weighted by molar-refractivity contribution is 5.94. The number of carbonyl (C=O) groups is 2. The van der Waals surface area contributed by atoms with Crippen molar-refractivity contribution in [1.29, 1.82) is 0 Å². The van der Waals surface area contributed by atoms with Crippen molar-refractivity contribution in [2.75, 3.05) is 44.2 Å². The smallest absolute Gasteiger partial charge is 0.229 e. The molecule has 0 saturated carbocycles. The Hall–Kier alpha value is -2.90. The van der Waals surface area contributed by atoms with Gasteiger partial charge in [0.05, 0.1) is 18.6 Å². The third-order valence-corrected chi connectivity index (χ3v) is 6.54. The summed E-state index contributed by atoms with van der Waals surface area (Å²) in [5, 5.41) is 0. The predicted molar refractivity (Wildman–Crippen MR) is 129 cm³/mol. The van der Waals surface area contributed by atoms with E-state index in [1.165, 1.54) is 0 Å². The number of anilines is 1. The Morgan fingerprint density at radius 2 is 1.70 bits per heavy atom. The van der Waals surface area contributed by atoms with Crippen LogP contribution in [0.4, 0.5) is 5.69 Å². The number of ketones is 1. The summed E-state index contributed by atoms with van der Waals surface area (Å²) in [4.78, 5) is 29.1. The van der Waals surface area contributed by atoms with Gasteiger partial charge < -0.3 is 14.5 Å². The van der Waals surface area contributed by atoms with Gasteiger partial charge in [-0.15, -0.1) is 0 Å². The van der Waals surface area contributed by atoms with Crippen molar-refractivity contribution in [3.05, 3.63) is 59.7 Å². The number of hydrazine groups is 1. The van der Waals surface area contributed by atoms with Crippen LogP contribution in [0, 0.1) is 5.92 Å². The van der Waals surface area contributed by atoms with Crippen LogP contribution in [0.15, 0.2) is 48.5 Å². The van der Waals surface area contributed by atoms with Gasteiger partial charge in [0.15, 0.2) is 5.78 Å². The minimum atomic E-state index is -0.141. The number of hydrogen-bond acceptors (Lipinski definition) is 6. The van der Waals surface area contributed by atoms with Gasteiger partial charge in [-0.2, -0.15) is 0 Å². The molecular weight excluding hydrogens is 416 g/mol. The van der Waals surface area contributed by atoms with Crippen LogP contribution in [0.2, 0.25) is 0 Å². The number of nitrogens with one attached hydrogen (secondary N) is 2. The standard InChI is InChI=1S/C26H34N4O3/c1-3-4-17-33-23-11-7-21(8-12-23)25-24(18-27-28-25)26(32)30-15-13-29(14-16-30)22-9-5-20(6-10-22)19(2)31/h5-12,24-25,27-28H,3-4,13-18H2,1-2H3. The number of ether oxygens (including phenoxy) is 1. The van der Waals surface area contributed by atoms with Crippen LogP contribution in [-0.4, -0.2) is 55.9 Å². The van der Waals surface area contributed by atoms with Gasteiger partial charge in [-0.25, -0.2) is 5.43 Å². The molecule has 33 heavy (non-hydrogen) atoms. The molecule has 0 aliphatic carbocycles. The second-order valence-corrected chi connectivity index (χ2v) is 8.80. The summed E-state index contributed by atoms with van der Waals surface area (Å²) in [6, 6.07) is 15.7. The van der Waals surface area contributed by atoms with Crippen molar-refractivity contribution in [2.45, 2.75) is 32.7 Å². The first-order chi connectivity index (χ1) is 16.1. The number of Topliss-reactive ketones (excluding diaryl/α,β-unsaturated/α-hetero) is 1. The summed E-state index contributed by atoms with van der Waals surface area (Å²) in [6.07, 6.45) is 2.16. The van der Waals surface area contributed by atoms with E-state index in [4.69, 9.17) is 4.74 Å². The average molecular weight is 451 g/mol. The molecule has 2 aromatic carbocycles. The minimum Gasteiger partial charge on any atom is -0.494 e. The number of nitrogens with zero attached hydrogens (tertiary/aromatic N) is 2. The van der Waals surface area contributed by atoms with Crippen LogP contribution in [0.25, 0.3) is 0 Å². The van der Waals surface area contributed by atoms with Gasteiger partial charge in [-0.3, -0.25) is 15.0 Å². The molecule has 0 bridgehead atoms. The first kappa shape index (κ1) is 23.3. The molecule has 0 spiro atoms. The predicted octanol–water partition coefficient (Wildman–Crippen LogP) is 3.18. The highest BCUT2D eigenvalue weighted by Crippen LogP contribution is 2.29. The topological polar surface area (TPSA) is 73.9 Å². The lowest BCUT2D eigenvalue weighted by molar-refractivity contribution is -0.135. The van der Waals surface area contributed by atoms with Crippen molar-refractivity contribution >= 4 is 17.4 Å². The maximum absolute atomic E-state index is 13.4. The molecule has 2 atom stereocenters. The Balaban J connectivity index is 1.33. The van der Waals surface area contributed by atoms with Gasteiger partial charge in [0.2, 0.25) is 5.91 Å². The molecular formula is C26H34N4O3. The van der Waals surface area contributed by atoms with Gasteiger partial charge in [-0.05, 0) is 55.3 Å². The zero-order valence-electron chi connectivity index (χ0n) is 19.5. The highest BCUT2D eigenvalue weighted by atomic mass is 16.5. The number of benzene rings is 2. The fourth-order valence-electron chi connectivity index (χ4n) is 4.48. The molecule has 2 aromatic rings. The maximum Gasteiger partial charge on any atom is 0.229 e. The fourth-order valence-corrected chi connectivity index (χ4v) is 4.48. The number of rotatable bonds is 8. The molecule has 2 heterocycles. The van der Waals surface area contributed by atoms with Crippen molar-refractivity contribution in [3.8, 4) is 5.75 Å². The second-order valence-electron chi connectivity index (χ2n) is 8.80. The first-order valence-corrected chi connectivity index (χ1v) is 11.9. The molecule has 2 aliphatic rings. The van der Waals surface area contributed by atoms with E-state index in [0.717, 1.165) is 55.1 Å². The molecule has 0 aromatic heterocycles. The van der Waals surface area contributed by atoms with E-state index in [1.807, 2.05) is 41.3 Å². The number of amides is 1. The molecule has 2 N–H and O–H groups in total. The van der Waals surface area contributed by atoms with Crippen LogP contribution >= 0.6 is 0 Å². The Kier molecular flexibility index (Phi) is 7.62. The van der Waals surface area contributed by atoms with E-state index < -0.39 is 0 Å². The van der Waals surface area contributed by atoms with E-state index in [1.54, 1.807) is 6.92 Å². The largest absolute Gasteiger partial charge is 0.494 e. The molecule has 2 saturated heterocycles. The summed E-state index contributed by atoms with van der Waals surface area (Å²) in [5.41, 5.74) is 9.37. The zero-order valence-corrected chi connectivity index (χ0v) is 19.5. The van der Waals surface area contributed by atoms with Crippen molar-refractivity contribution in [1.82, 2.24) is 15.8 Å². The number of piperazine rings is 1. The lowest BCUT2D eigenvalue weighted by Crippen LogP contribution is -2.51. The average Bonchev–Trinajstić information content (AvgIpc) is 3.34. The molecule has 2 fully saturated rings. The second kappa shape index (κ2) is 10.8. The molecule has 2 aliphatic heterocycles. The van der Waals surface area contributed by atoms with Gasteiger partial charge in [0, 0.05) is 44.0 Å². The van der Waals surface area contributed by atoms with Crippen molar-refractivity contribution in [3.63, 3.8) is 0 Å². The molecule has 1 amide bonds. The first-order valence-electron chi connectivity index (χ1n) is 11.9. The quantitative estimate of drug-likeness (QED) is 0.475. The Bertz CT molecular complexity index is 937. The van der Waals surface area contributed by atoms with Gasteiger partial charge in [0.25, 0.3) is 0 Å². The van der Waals surface area contributed by atoms with Gasteiger partial charge in [-0.1, -0.05) is 25.5 Å². The van der Waals surface area contributed by atoms with E-state index in [0.29, 0.717) is 19.6 Å². The van der Waals surface area contributed by atoms with Crippen LogP contribution in [0.3, 0.4) is 0 Å². The number of hydrogen-bond donors (Lipinski definition) is 2. The van der Waals surface area contributed by atoms with Crippen LogP contribution < -0.4 is 20.5 Å². The summed E-state index contributed by atoms with van der Waals surface area (Å²) in [5.74, 6) is 0.989. The van der Waals surface area contributed by atoms with Crippen LogP contribution in [-0.2, 0) is 4.79 Å². The molecule has 4 rings (SSSR count). The summed E-state index contributed by atoms with van der Waals surface area (Å²) in [6.45, 7) is 8.03. The lowest BCUT2D eigenvalue weighted by Gasteiger charge is -2.37. The lowest BCUT2D eigenvalue weighted by atomic mass is 9.93. The molecule has 0 radical (unpaired) electrons. The van der Waals surface area contributed by atoms with E-state index in [2.05, 4.69) is 34.8 Å². The summed E-state index contributed by atoms with van der Waals surface area (Å²) in [7, 11) is 0. The normalized spacial score (nSPS) is 20.7. The number of unbranched alkanes of at least 4 members (excludes halogenated alkanes) is 1. The van der Waals surface area contributed by atoms with Crippen LogP contribution in [0.5, 0.6) is 5.75 Å². The maximum atomic E-state index is 13.4. The van der Waals surface area contributed by atoms with Gasteiger partial charge >= 0.3 is 0 Å². The molecule has 7 heteroatoms. The Labute approximate surface area is 196 Å². The van der Waals surface area contributed by atoms with Gasteiger partial charge in [0.1, 0.15) is 5.75 Å². The summed E-state index contributed by atoms with van der Waals surface area (Å²) < 4.78 is 5.77. The fraction of sp³-hybridized carbons (Fsp3) is 0.462. The van der Waals surface area contributed by atoms with Crippen molar-refractivity contribution in [2.24, 2.45) is 5.92 Å². The SMILES string of the molecule is CCCCOc1ccc(C2NNCC2C(=O)N2CCN(c3ccc(C(C)=O)cc3)CC2)cc1. The third kappa shape index (κ3) is 5.54. The molecule has 7 nitrogen and oxygen atoms in total. The minimum absolute atomic E-state index is 0.0562. The van der Waals surface area contributed by atoms with Crippen molar-refractivity contribution < 1.29 is 14.3 Å².